The van der Waals surface area contributed by atoms with Crippen LogP contribution in [0.25, 0.3) is 0 Å². The van der Waals surface area contributed by atoms with Crippen LogP contribution in [-0.2, 0) is 12.8 Å². The maximum atomic E-state index is 12.8. The Morgan fingerprint density at radius 3 is 2.59 bits per heavy atom. The number of hydrogen-bond acceptors (Lipinski definition) is 7. The van der Waals surface area contributed by atoms with Crippen LogP contribution in [0.2, 0.25) is 0 Å². The molecular weight excluding hydrogens is 469 g/mol. The fourth-order valence-corrected chi connectivity index (χ4v) is 4.19. The molecule has 11 heteroatoms. The van der Waals surface area contributed by atoms with Gasteiger partial charge in [0.15, 0.2) is 11.5 Å². The van der Waals surface area contributed by atoms with Gasteiger partial charge in [-0.2, -0.15) is 13.2 Å². The Kier molecular flexibility index (Phi) is 7.20. The van der Waals surface area contributed by atoms with E-state index in [1.165, 1.54) is 24.5 Å². The number of nitrogens with one attached hydrogen (secondary N) is 1. The summed E-state index contributed by atoms with van der Waals surface area (Å²) in [4.78, 5) is 22.8. The van der Waals surface area contributed by atoms with E-state index in [9.17, 15) is 18.0 Å². The molecule has 1 N–H and O–H groups in total. The second-order valence-corrected chi connectivity index (χ2v) is 8.49. The molecule has 1 fully saturated rings. The monoisotopic (exact) mass is 492 g/mol. The van der Waals surface area contributed by atoms with Crippen molar-refractivity contribution in [3.8, 4) is 11.5 Å². The minimum absolute atomic E-state index is 0.0511. The highest BCUT2D eigenvalue weighted by Gasteiger charge is 2.31. The Hall–Kier alpha value is -3.34. The number of carbonyl (C=O) groups excluding carboxylic acids is 1. The zero-order chi connectivity index (χ0) is 24.1. The van der Waals surface area contributed by atoms with Crippen LogP contribution in [0, 0.1) is 0 Å². The van der Waals surface area contributed by atoms with Crippen LogP contribution in [0.15, 0.2) is 47.4 Å². The molecule has 34 heavy (non-hydrogen) atoms. The van der Waals surface area contributed by atoms with Crippen LogP contribution >= 0.6 is 11.3 Å². The van der Waals surface area contributed by atoms with Gasteiger partial charge < -0.3 is 19.7 Å². The van der Waals surface area contributed by atoms with E-state index < -0.39 is 11.7 Å². The first-order valence-electron chi connectivity index (χ1n) is 10.6. The molecule has 2 aromatic heterocycles. The van der Waals surface area contributed by atoms with Gasteiger partial charge in [-0.25, -0.2) is 9.97 Å². The number of halogens is 3. The first-order chi connectivity index (χ1) is 16.3. The van der Waals surface area contributed by atoms with Gasteiger partial charge in [0.2, 0.25) is 0 Å². The summed E-state index contributed by atoms with van der Waals surface area (Å²) in [5.74, 6) is 1.24. The van der Waals surface area contributed by atoms with Gasteiger partial charge in [0.25, 0.3) is 5.91 Å². The number of rotatable bonds is 7. The summed E-state index contributed by atoms with van der Waals surface area (Å²) >= 11 is 1.48. The van der Waals surface area contributed by atoms with Crippen LogP contribution < -0.4 is 19.7 Å². The summed E-state index contributed by atoms with van der Waals surface area (Å²) in [5, 5.41) is 4.92. The first-order valence-corrected chi connectivity index (χ1v) is 11.5. The number of pyridine rings is 1. The first kappa shape index (κ1) is 23.8. The fraction of sp³-hybridized carbons (Fsp3) is 0.348. The third kappa shape index (κ3) is 5.77. The molecule has 1 amide bonds. The fourth-order valence-electron chi connectivity index (χ4n) is 3.65. The van der Waals surface area contributed by atoms with Crippen molar-refractivity contribution in [1.82, 2.24) is 15.3 Å². The zero-order valence-corrected chi connectivity index (χ0v) is 19.2. The average molecular weight is 493 g/mol. The molecule has 1 aromatic carbocycles. The number of methoxy groups -OCH3 is 1. The summed E-state index contributed by atoms with van der Waals surface area (Å²) < 4.78 is 49.3. The number of aromatic nitrogens is 2. The molecule has 7 nitrogen and oxygen atoms in total. The number of alkyl halides is 3. The van der Waals surface area contributed by atoms with Crippen molar-refractivity contribution in [1.29, 1.82) is 0 Å². The molecule has 4 rings (SSSR count). The lowest BCUT2D eigenvalue weighted by atomic mass is 10.0. The van der Waals surface area contributed by atoms with E-state index in [1.807, 2.05) is 10.3 Å². The molecule has 0 bridgehead atoms. The van der Waals surface area contributed by atoms with Crippen molar-refractivity contribution >= 4 is 23.1 Å². The number of piperidine rings is 1. The van der Waals surface area contributed by atoms with Gasteiger partial charge in [-0.3, -0.25) is 4.79 Å². The quantitative estimate of drug-likeness (QED) is 0.522. The van der Waals surface area contributed by atoms with Crippen molar-refractivity contribution in [2.45, 2.75) is 31.7 Å². The van der Waals surface area contributed by atoms with E-state index in [4.69, 9.17) is 9.47 Å². The molecule has 1 aliphatic heterocycles. The highest BCUT2D eigenvalue weighted by molar-refractivity contribution is 7.07. The summed E-state index contributed by atoms with van der Waals surface area (Å²) in [7, 11) is 1.51. The average Bonchev–Trinajstić information content (AvgIpc) is 3.36. The summed E-state index contributed by atoms with van der Waals surface area (Å²) in [6.45, 7) is 1.46. The molecule has 0 spiro atoms. The predicted molar refractivity (Wildman–Crippen MR) is 121 cm³/mol. The second-order valence-electron chi connectivity index (χ2n) is 7.77. The highest BCUT2D eigenvalue weighted by atomic mass is 32.1. The van der Waals surface area contributed by atoms with E-state index >= 15 is 0 Å². The van der Waals surface area contributed by atoms with Crippen LogP contribution in [0.4, 0.5) is 19.0 Å². The Balaban J connectivity index is 1.31. The number of benzene rings is 1. The molecule has 3 aromatic rings. The normalized spacial score (nSPS) is 14.6. The minimum atomic E-state index is -4.41. The smallest absolute Gasteiger partial charge is 0.417 e. The third-order valence-electron chi connectivity index (χ3n) is 5.51. The van der Waals surface area contributed by atoms with E-state index in [1.54, 1.807) is 23.7 Å². The largest absolute Gasteiger partial charge is 0.493 e. The van der Waals surface area contributed by atoms with E-state index in [0.29, 0.717) is 55.4 Å². The van der Waals surface area contributed by atoms with Crippen LogP contribution in [-0.4, -0.2) is 42.1 Å². The SMILES string of the molecule is COc1cc(C(=O)NC2CCN(c3ccc(C(F)(F)F)cn3)CC2)ccc1OCc1cscn1. The number of carbonyl (C=O) groups is 1. The molecule has 0 radical (unpaired) electrons. The third-order valence-corrected chi connectivity index (χ3v) is 6.15. The van der Waals surface area contributed by atoms with E-state index in [2.05, 4.69) is 15.3 Å². The maximum absolute atomic E-state index is 12.8. The number of anilines is 1. The van der Waals surface area contributed by atoms with Gasteiger partial charge in [0, 0.05) is 36.3 Å². The molecule has 3 heterocycles. The molecule has 0 aliphatic carbocycles. The van der Waals surface area contributed by atoms with Gasteiger partial charge >= 0.3 is 6.18 Å². The summed E-state index contributed by atoms with van der Waals surface area (Å²) in [6.07, 6.45) is -2.25. The van der Waals surface area contributed by atoms with Gasteiger partial charge in [-0.05, 0) is 43.2 Å². The Morgan fingerprint density at radius 1 is 1.18 bits per heavy atom. The molecule has 1 aliphatic rings. The molecule has 0 saturated carbocycles. The lowest BCUT2D eigenvalue weighted by Gasteiger charge is -2.33. The van der Waals surface area contributed by atoms with Crippen molar-refractivity contribution in [3.63, 3.8) is 0 Å². The van der Waals surface area contributed by atoms with E-state index in [0.717, 1.165) is 18.0 Å². The Bertz CT molecular complexity index is 1100. The molecule has 0 unspecified atom stereocenters. The molecule has 0 atom stereocenters. The number of hydrogen-bond donors (Lipinski definition) is 1. The highest BCUT2D eigenvalue weighted by Crippen LogP contribution is 2.31. The molecule has 1 saturated heterocycles. The second kappa shape index (κ2) is 10.3. The van der Waals surface area contributed by atoms with Gasteiger partial charge in [-0.15, -0.1) is 11.3 Å². The van der Waals surface area contributed by atoms with Crippen LogP contribution in [0.3, 0.4) is 0 Å². The maximum Gasteiger partial charge on any atom is 0.417 e. The summed E-state index contributed by atoms with van der Waals surface area (Å²) in [6, 6.07) is 7.37. The number of ether oxygens (including phenoxy) is 2. The number of nitrogens with zero attached hydrogens (tertiary/aromatic N) is 3. The summed E-state index contributed by atoms with van der Waals surface area (Å²) in [5.41, 5.74) is 2.22. The Morgan fingerprint density at radius 2 is 1.97 bits per heavy atom. The molecular formula is C23H23F3N4O3S. The Labute approximate surface area is 198 Å². The number of amides is 1. The topological polar surface area (TPSA) is 76.6 Å². The van der Waals surface area contributed by atoms with Crippen molar-refractivity contribution in [2.75, 3.05) is 25.1 Å². The van der Waals surface area contributed by atoms with Crippen LogP contribution in [0.5, 0.6) is 11.5 Å². The van der Waals surface area contributed by atoms with Crippen LogP contribution in [0.1, 0.15) is 34.5 Å². The molecule has 180 valence electrons. The standard InChI is InChI=1S/C23H23F3N4O3S/c1-32-20-10-15(2-4-19(20)33-12-18-13-34-14-28-18)22(31)29-17-6-8-30(9-7-17)21-5-3-16(11-27-21)23(24,25)26/h2-5,10-11,13-14,17H,6-9,12H2,1H3,(H,29,31). The minimum Gasteiger partial charge on any atom is -0.493 e. The van der Waals surface area contributed by atoms with Gasteiger partial charge in [-0.1, -0.05) is 0 Å². The van der Waals surface area contributed by atoms with Gasteiger partial charge in [0.05, 0.1) is 23.9 Å². The predicted octanol–water partition coefficient (Wildman–Crippen LogP) is 4.54. The van der Waals surface area contributed by atoms with E-state index in [-0.39, 0.29) is 11.9 Å². The van der Waals surface area contributed by atoms with Gasteiger partial charge in [0.1, 0.15) is 12.4 Å². The zero-order valence-electron chi connectivity index (χ0n) is 18.3. The van der Waals surface area contributed by atoms with Crippen molar-refractivity contribution in [2.24, 2.45) is 0 Å². The van der Waals surface area contributed by atoms with Crippen molar-refractivity contribution < 1.29 is 27.4 Å². The van der Waals surface area contributed by atoms with Crippen molar-refractivity contribution in [3.05, 3.63) is 64.2 Å². The lowest BCUT2D eigenvalue weighted by Crippen LogP contribution is -2.45. The number of thiazole rings is 1. The lowest BCUT2D eigenvalue weighted by molar-refractivity contribution is -0.137.